The predicted octanol–water partition coefficient (Wildman–Crippen LogP) is 7.46. The lowest BCUT2D eigenvalue weighted by Crippen LogP contribution is -2.42. The maximum Gasteiger partial charge on any atom is 0.266 e. The Morgan fingerprint density at radius 3 is 2.08 bits per heavy atom. The summed E-state index contributed by atoms with van der Waals surface area (Å²) in [5.74, 6) is -0.997. The Morgan fingerprint density at radius 2 is 1.49 bits per heavy atom. The molecule has 6 nitrogen and oxygen atoms in total. The Hall–Kier alpha value is -4.59. The van der Waals surface area contributed by atoms with E-state index < -0.39 is 22.6 Å². The second kappa shape index (κ2) is 8.73. The Kier molecular flexibility index (Phi) is 5.53. The van der Waals surface area contributed by atoms with Gasteiger partial charge in [0.1, 0.15) is 0 Å². The van der Waals surface area contributed by atoms with Crippen molar-refractivity contribution in [2.45, 2.75) is 49.3 Å². The van der Waals surface area contributed by atoms with Crippen LogP contribution >= 0.6 is 0 Å². The van der Waals surface area contributed by atoms with Gasteiger partial charge in [-0.25, -0.2) is 9.74 Å². The van der Waals surface area contributed by atoms with E-state index in [1.54, 1.807) is 30.3 Å². The molecule has 2 aliphatic heterocycles. The van der Waals surface area contributed by atoms with Crippen LogP contribution in [-0.4, -0.2) is 16.0 Å². The summed E-state index contributed by atoms with van der Waals surface area (Å²) in [4.78, 5) is 34.2. The largest absolute Gasteiger partial charge is 0.268 e. The van der Waals surface area contributed by atoms with Crippen LogP contribution in [0.15, 0.2) is 64.4 Å². The number of para-hydroxylation sites is 1. The van der Waals surface area contributed by atoms with E-state index in [0.29, 0.717) is 32.5 Å². The lowest BCUT2D eigenvalue weighted by atomic mass is 9.84. The van der Waals surface area contributed by atoms with Gasteiger partial charge in [0.2, 0.25) is 5.69 Å². The lowest BCUT2D eigenvalue weighted by Gasteiger charge is -2.34. The molecule has 190 valence electrons. The maximum atomic E-state index is 14.3. The van der Waals surface area contributed by atoms with Gasteiger partial charge in [-0.2, -0.15) is 5.26 Å². The van der Waals surface area contributed by atoms with Crippen molar-refractivity contribution in [2.24, 2.45) is 0 Å². The third-order valence-electron chi connectivity index (χ3n) is 7.55. The number of hydrogen-bond donors (Lipinski definition) is 0. The first-order chi connectivity index (χ1) is 18.7. The highest BCUT2D eigenvalue weighted by molar-refractivity contribution is 7.85. The average Bonchev–Trinajstić information content (AvgIpc) is 2.93. The van der Waals surface area contributed by atoms with Gasteiger partial charge in [0, 0.05) is 22.1 Å². The minimum Gasteiger partial charge on any atom is -0.268 e. The Balaban J connectivity index is 1.77. The van der Waals surface area contributed by atoms with E-state index in [-0.39, 0.29) is 39.1 Å². The highest BCUT2D eigenvalue weighted by atomic mass is 32.2. The van der Waals surface area contributed by atoms with E-state index in [4.69, 9.17) is 6.57 Å². The fraction of sp³-hybridized carbons (Fsp3) is 0.188. The first-order valence-electron chi connectivity index (χ1n) is 12.7. The molecule has 7 heteroatoms. The van der Waals surface area contributed by atoms with Crippen molar-refractivity contribution in [1.29, 1.82) is 5.26 Å². The van der Waals surface area contributed by atoms with Crippen LogP contribution in [0.5, 0.6) is 0 Å². The molecule has 0 N–H and O–H groups in total. The molecule has 4 aromatic carbocycles. The highest BCUT2D eigenvalue weighted by Crippen LogP contribution is 2.51. The summed E-state index contributed by atoms with van der Waals surface area (Å²) in [7, 11) is -1.73. The highest BCUT2D eigenvalue weighted by Gasteiger charge is 2.41. The lowest BCUT2D eigenvalue weighted by molar-refractivity contribution is 0.0892. The number of amides is 2. The second-order valence-electron chi connectivity index (χ2n) is 10.4. The van der Waals surface area contributed by atoms with Crippen LogP contribution in [0.1, 0.15) is 76.9 Å². The zero-order chi connectivity index (χ0) is 27.7. The smallest absolute Gasteiger partial charge is 0.266 e. The standard InChI is InChI=1S/C32H23N3O3S/c1-16(2)19-10-8-11-20(17(3)4)29(19)35-31(36)22-13-18(15-33)26-21-9-6-7-12-25(21)39(38)30-24(34-5)14-23(32(35)37)27(22)28(26)30/h6-14,16-17H,1-4H3. The Labute approximate surface area is 228 Å². The zero-order valence-corrected chi connectivity index (χ0v) is 22.6. The second-order valence-corrected chi connectivity index (χ2v) is 11.8. The van der Waals surface area contributed by atoms with Crippen LogP contribution in [0, 0.1) is 17.9 Å². The van der Waals surface area contributed by atoms with Crippen molar-refractivity contribution >= 4 is 44.8 Å². The molecule has 4 aromatic rings. The molecule has 2 aliphatic rings. The van der Waals surface area contributed by atoms with Gasteiger partial charge in [-0.05, 0) is 46.5 Å². The molecule has 6 rings (SSSR count). The molecule has 2 amide bonds. The van der Waals surface area contributed by atoms with Crippen molar-refractivity contribution < 1.29 is 13.8 Å². The van der Waals surface area contributed by atoms with Gasteiger partial charge >= 0.3 is 0 Å². The minimum absolute atomic E-state index is 0.0310. The molecule has 0 spiro atoms. The number of nitrogens with zero attached hydrogens (tertiary/aromatic N) is 3. The minimum atomic E-state index is -1.73. The van der Waals surface area contributed by atoms with E-state index in [0.717, 1.165) is 11.1 Å². The topological polar surface area (TPSA) is 82.6 Å². The maximum absolute atomic E-state index is 14.3. The van der Waals surface area contributed by atoms with Crippen LogP contribution in [0.2, 0.25) is 0 Å². The van der Waals surface area contributed by atoms with Gasteiger partial charge < -0.3 is 0 Å². The molecule has 0 fully saturated rings. The SMILES string of the molecule is [C-]#[N+]c1cc2c3c(cc(C#N)c4c3c1S(=O)c1ccccc1-4)C(=O)N(c1c(C(C)C)cccc1C(C)C)C2=O. The van der Waals surface area contributed by atoms with Gasteiger partial charge in [0.25, 0.3) is 11.8 Å². The molecular formula is C32H23N3O3S. The number of anilines is 1. The third-order valence-corrected chi connectivity index (χ3v) is 9.09. The Bertz CT molecular complexity index is 1860. The predicted molar refractivity (Wildman–Crippen MR) is 151 cm³/mol. The van der Waals surface area contributed by atoms with Crippen LogP contribution in [0.3, 0.4) is 0 Å². The summed E-state index contributed by atoms with van der Waals surface area (Å²) in [6.45, 7) is 16.0. The molecule has 1 unspecified atom stereocenters. The number of imide groups is 1. The first kappa shape index (κ1) is 24.7. The zero-order valence-electron chi connectivity index (χ0n) is 21.8. The fourth-order valence-electron chi connectivity index (χ4n) is 5.82. The van der Waals surface area contributed by atoms with Crippen molar-refractivity contribution in [3.8, 4) is 17.2 Å². The normalized spacial score (nSPS) is 15.5. The van der Waals surface area contributed by atoms with Crippen molar-refractivity contribution in [2.75, 3.05) is 4.90 Å². The van der Waals surface area contributed by atoms with Gasteiger partial charge in [0.05, 0.1) is 50.0 Å². The molecule has 0 bridgehead atoms. The van der Waals surface area contributed by atoms with Crippen LogP contribution in [-0.2, 0) is 10.8 Å². The monoisotopic (exact) mass is 529 g/mol. The number of benzene rings is 4. The van der Waals surface area contributed by atoms with E-state index in [2.05, 4.69) is 10.9 Å². The summed E-state index contributed by atoms with van der Waals surface area (Å²) in [5.41, 5.74) is 4.09. The number of carbonyl (C=O) groups excluding carboxylic acids is 2. The average molecular weight is 530 g/mol. The molecule has 39 heavy (non-hydrogen) atoms. The van der Waals surface area contributed by atoms with Crippen molar-refractivity contribution in [3.05, 3.63) is 93.8 Å². The molecule has 0 aliphatic carbocycles. The summed E-state index contributed by atoms with van der Waals surface area (Å²) in [5, 5.41) is 11.0. The molecule has 0 radical (unpaired) electrons. The number of hydrogen-bond acceptors (Lipinski definition) is 4. The van der Waals surface area contributed by atoms with Gasteiger partial charge in [-0.1, -0.05) is 64.1 Å². The first-order valence-corrected chi connectivity index (χ1v) is 13.8. The number of carbonyl (C=O) groups is 2. The van der Waals surface area contributed by atoms with Gasteiger partial charge in [0.15, 0.2) is 0 Å². The molecule has 0 aromatic heterocycles. The number of rotatable bonds is 3. The number of nitriles is 1. The summed E-state index contributed by atoms with van der Waals surface area (Å²) in [6.07, 6.45) is 0. The molecule has 0 saturated heterocycles. The molecular weight excluding hydrogens is 506 g/mol. The van der Waals surface area contributed by atoms with Crippen LogP contribution < -0.4 is 4.90 Å². The molecule has 1 atom stereocenters. The van der Waals surface area contributed by atoms with Crippen molar-refractivity contribution in [3.63, 3.8) is 0 Å². The molecule has 0 saturated carbocycles. The molecule has 2 heterocycles. The fourth-order valence-corrected chi connectivity index (χ4v) is 7.30. The summed E-state index contributed by atoms with van der Waals surface area (Å²) < 4.78 is 13.8. The van der Waals surface area contributed by atoms with Crippen LogP contribution in [0.4, 0.5) is 11.4 Å². The van der Waals surface area contributed by atoms with E-state index in [1.165, 1.54) is 11.0 Å². The van der Waals surface area contributed by atoms with E-state index in [1.807, 2.05) is 45.9 Å². The summed E-state index contributed by atoms with van der Waals surface area (Å²) in [6, 6.07) is 18.1. The number of fused-ring (bicyclic) bond motifs is 2. The van der Waals surface area contributed by atoms with E-state index >= 15 is 0 Å². The summed E-state index contributed by atoms with van der Waals surface area (Å²) >= 11 is 0. The van der Waals surface area contributed by atoms with Crippen molar-refractivity contribution in [1.82, 2.24) is 0 Å². The Morgan fingerprint density at radius 1 is 0.872 bits per heavy atom. The quantitative estimate of drug-likeness (QED) is 0.179. The van der Waals surface area contributed by atoms with Crippen LogP contribution in [0.25, 0.3) is 26.7 Å². The van der Waals surface area contributed by atoms with E-state index in [9.17, 15) is 19.1 Å². The van der Waals surface area contributed by atoms with Gasteiger partial charge in [-0.15, -0.1) is 0 Å². The van der Waals surface area contributed by atoms with Gasteiger partial charge in [-0.3, -0.25) is 13.8 Å². The third kappa shape index (κ3) is 3.27.